The second-order valence-corrected chi connectivity index (χ2v) is 7.75. The van der Waals surface area contributed by atoms with Crippen molar-refractivity contribution in [3.05, 3.63) is 94.1 Å². The van der Waals surface area contributed by atoms with E-state index in [1.54, 1.807) is 26.0 Å². The molecule has 0 spiro atoms. The van der Waals surface area contributed by atoms with Gasteiger partial charge in [0.05, 0.1) is 41.3 Å². The zero-order valence-electron chi connectivity index (χ0n) is 19.6. The quantitative estimate of drug-likeness (QED) is 0.274. The van der Waals surface area contributed by atoms with Gasteiger partial charge in [0.2, 0.25) is 0 Å². The van der Waals surface area contributed by atoms with Gasteiger partial charge in [-0.25, -0.2) is 4.79 Å². The van der Waals surface area contributed by atoms with Gasteiger partial charge in [0.25, 0.3) is 0 Å². The maximum atomic E-state index is 12.4. The van der Waals surface area contributed by atoms with Crippen LogP contribution in [0.15, 0.2) is 54.9 Å². The Bertz CT molecular complexity index is 1430. The predicted octanol–water partition coefficient (Wildman–Crippen LogP) is 3.47. The van der Waals surface area contributed by atoms with Crippen LogP contribution in [0.1, 0.15) is 53.6 Å². The van der Waals surface area contributed by atoms with Crippen molar-refractivity contribution in [2.24, 2.45) is 0 Å². The Kier molecular flexibility index (Phi) is 8.56. The van der Waals surface area contributed by atoms with Crippen LogP contribution in [0, 0.1) is 13.8 Å². The van der Waals surface area contributed by atoms with E-state index in [0.29, 0.717) is 40.7 Å². The molecule has 0 unspecified atom stereocenters. The average molecular weight is 488 g/mol. The van der Waals surface area contributed by atoms with Gasteiger partial charge in [0.1, 0.15) is 5.75 Å². The Hall–Kier alpha value is -4.47. The molecule has 4 rings (SSSR count). The van der Waals surface area contributed by atoms with Gasteiger partial charge < -0.3 is 20.1 Å². The number of aryl methyl sites for hydroxylation is 2. The topological polar surface area (TPSA) is 147 Å². The number of hydrogen-bond acceptors (Lipinski definition) is 9. The minimum Gasteiger partial charge on any atom is -0.505 e. The number of aldehydes is 2. The van der Waals surface area contributed by atoms with Crippen molar-refractivity contribution in [2.75, 3.05) is 0 Å². The maximum Gasteiger partial charge on any atom is 0.343 e. The molecule has 0 aliphatic carbocycles. The predicted molar refractivity (Wildman–Crippen MR) is 131 cm³/mol. The van der Waals surface area contributed by atoms with Crippen molar-refractivity contribution in [2.45, 2.75) is 27.1 Å². The van der Waals surface area contributed by atoms with Gasteiger partial charge in [-0.3, -0.25) is 19.6 Å². The Morgan fingerprint density at radius 1 is 0.861 bits per heavy atom. The lowest BCUT2D eigenvalue weighted by atomic mass is 10.1. The Balaban J connectivity index is 0.000000253. The first-order valence-corrected chi connectivity index (χ1v) is 10.8. The van der Waals surface area contributed by atoms with E-state index in [2.05, 4.69) is 9.97 Å². The number of pyridine rings is 2. The molecule has 2 heterocycles. The monoisotopic (exact) mass is 488 g/mol. The highest BCUT2D eigenvalue weighted by Gasteiger charge is 2.18. The van der Waals surface area contributed by atoms with E-state index in [0.717, 1.165) is 10.8 Å². The van der Waals surface area contributed by atoms with Crippen molar-refractivity contribution in [1.29, 1.82) is 0 Å². The SMILES string of the molecule is Cc1ncc(CO)c(C=O)c1O.Cc1ncc(CO)c(C=O)c1OC(=O)c1ccc2ccccc2c1. The van der Waals surface area contributed by atoms with E-state index in [4.69, 9.17) is 9.84 Å². The molecule has 184 valence electrons. The minimum absolute atomic E-state index is 0.0784. The number of esters is 1. The zero-order chi connectivity index (χ0) is 26.2. The number of aromatic nitrogens is 2. The first-order valence-electron chi connectivity index (χ1n) is 10.8. The van der Waals surface area contributed by atoms with E-state index < -0.39 is 5.97 Å². The lowest BCUT2D eigenvalue weighted by Crippen LogP contribution is -2.12. The normalized spacial score (nSPS) is 10.3. The molecule has 4 aromatic rings. The van der Waals surface area contributed by atoms with Gasteiger partial charge in [-0.05, 0) is 36.8 Å². The third-order valence-corrected chi connectivity index (χ3v) is 5.45. The average Bonchev–Trinajstić information content (AvgIpc) is 2.91. The number of ether oxygens (including phenoxy) is 1. The highest BCUT2D eigenvalue weighted by molar-refractivity contribution is 5.97. The van der Waals surface area contributed by atoms with Crippen LogP contribution in [-0.4, -0.2) is 43.8 Å². The van der Waals surface area contributed by atoms with E-state index in [1.807, 2.05) is 30.3 Å². The Morgan fingerprint density at radius 2 is 1.44 bits per heavy atom. The van der Waals surface area contributed by atoms with Crippen LogP contribution in [-0.2, 0) is 13.2 Å². The van der Waals surface area contributed by atoms with Crippen LogP contribution in [0.4, 0.5) is 0 Å². The van der Waals surface area contributed by atoms with Crippen molar-refractivity contribution in [3.8, 4) is 11.5 Å². The van der Waals surface area contributed by atoms with Crippen LogP contribution in [0.25, 0.3) is 10.8 Å². The van der Waals surface area contributed by atoms with Crippen molar-refractivity contribution >= 4 is 29.3 Å². The zero-order valence-corrected chi connectivity index (χ0v) is 19.6. The third-order valence-electron chi connectivity index (χ3n) is 5.45. The molecule has 9 nitrogen and oxygen atoms in total. The van der Waals surface area contributed by atoms with E-state index in [9.17, 15) is 24.6 Å². The second-order valence-electron chi connectivity index (χ2n) is 7.75. The fourth-order valence-corrected chi connectivity index (χ4v) is 3.41. The van der Waals surface area contributed by atoms with Crippen LogP contribution in [0.5, 0.6) is 11.5 Å². The minimum atomic E-state index is -0.580. The number of aromatic hydroxyl groups is 1. The molecule has 0 radical (unpaired) electrons. The lowest BCUT2D eigenvalue weighted by molar-refractivity contribution is 0.0731. The molecular formula is C27H24N2O7. The van der Waals surface area contributed by atoms with Gasteiger partial charge >= 0.3 is 5.97 Å². The Labute approximate surface area is 206 Å². The molecule has 0 saturated carbocycles. The molecule has 0 bridgehead atoms. The summed E-state index contributed by atoms with van der Waals surface area (Å²) in [6.07, 6.45) is 3.84. The number of fused-ring (bicyclic) bond motifs is 1. The number of aliphatic hydroxyl groups is 2. The molecule has 0 fully saturated rings. The summed E-state index contributed by atoms with van der Waals surface area (Å²) >= 11 is 0. The van der Waals surface area contributed by atoms with Crippen LogP contribution in [0.2, 0.25) is 0 Å². The standard InChI is InChI=1S/C19H15NO4.C8H9NO3/c1-12-18(17(11-22)16(10-21)9-20-12)24-19(23)15-7-6-13-4-2-3-5-14(13)8-15;1-5-8(12)7(4-11)6(3-10)2-9-5/h2-9,11,21H,10H2,1H3;2,4,10,12H,3H2,1H3. The number of nitrogens with zero attached hydrogens (tertiary/aromatic N) is 2. The first-order chi connectivity index (χ1) is 17.3. The Morgan fingerprint density at radius 3 is 2.06 bits per heavy atom. The summed E-state index contributed by atoms with van der Waals surface area (Å²) in [6, 6.07) is 12.9. The summed E-state index contributed by atoms with van der Waals surface area (Å²) in [5, 5.41) is 29.3. The molecule has 36 heavy (non-hydrogen) atoms. The summed E-state index contributed by atoms with van der Waals surface area (Å²) < 4.78 is 5.40. The summed E-state index contributed by atoms with van der Waals surface area (Å²) in [4.78, 5) is 42.1. The molecule has 0 atom stereocenters. The lowest BCUT2D eigenvalue weighted by Gasteiger charge is -2.12. The summed E-state index contributed by atoms with van der Waals surface area (Å²) in [5.41, 5.74) is 2.08. The first kappa shape index (κ1) is 26.1. The van der Waals surface area contributed by atoms with E-state index in [-0.39, 0.29) is 35.8 Å². The fraction of sp³-hybridized carbons (Fsp3) is 0.148. The van der Waals surface area contributed by atoms with Gasteiger partial charge in [-0.1, -0.05) is 30.3 Å². The van der Waals surface area contributed by atoms with Crippen molar-refractivity contribution in [1.82, 2.24) is 9.97 Å². The molecule has 0 aliphatic heterocycles. The van der Waals surface area contributed by atoms with Crippen molar-refractivity contribution < 1.29 is 34.4 Å². The molecule has 0 saturated heterocycles. The molecule has 0 amide bonds. The fourth-order valence-electron chi connectivity index (χ4n) is 3.41. The molecule has 9 heteroatoms. The summed E-state index contributed by atoms with van der Waals surface area (Å²) in [5.74, 6) is -0.657. The number of carbonyl (C=O) groups is 3. The highest BCUT2D eigenvalue weighted by atomic mass is 16.5. The number of hydrogen-bond donors (Lipinski definition) is 3. The van der Waals surface area contributed by atoms with Gasteiger partial charge in [0, 0.05) is 23.5 Å². The molecular weight excluding hydrogens is 464 g/mol. The third kappa shape index (κ3) is 5.60. The van der Waals surface area contributed by atoms with Crippen molar-refractivity contribution in [3.63, 3.8) is 0 Å². The van der Waals surface area contributed by atoms with Crippen LogP contribution in [0.3, 0.4) is 0 Å². The molecule has 2 aromatic heterocycles. The van der Waals surface area contributed by atoms with Gasteiger partial charge in [0.15, 0.2) is 18.3 Å². The van der Waals surface area contributed by atoms with Crippen LogP contribution >= 0.6 is 0 Å². The number of aliphatic hydroxyl groups excluding tert-OH is 2. The number of rotatable bonds is 6. The molecule has 2 aromatic carbocycles. The molecule has 0 aliphatic rings. The number of benzene rings is 2. The maximum absolute atomic E-state index is 12.4. The van der Waals surface area contributed by atoms with E-state index in [1.165, 1.54) is 12.4 Å². The van der Waals surface area contributed by atoms with Crippen LogP contribution < -0.4 is 4.74 Å². The van der Waals surface area contributed by atoms with Gasteiger partial charge in [-0.2, -0.15) is 0 Å². The van der Waals surface area contributed by atoms with Gasteiger partial charge in [-0.15, -0.1) is 0 Å². The highest BCUT2D eigenvalue weighted by Crippen LogP contribution is 2.26. The summed E-state index contributed by atoms with van der Waals surface area (Å²) in [6.45, 7) is 2.57. The smallest absolute Gasteiger partial charge is 0.343 e. The number of carbonyl (C=O) groups excluding carboxylic acids is 3. The summed E-state index contributed by atoms with van der Waals surface area (Å²) in [7, 11) is 0. The second kappa shape index (κ2) is 11.8. The molecule has 3 N–H and O–H groups in total. The van der Waals surface area contributed by atoms with E-state index >= 15 is 0 Å². The largest absolute Gasteiger partial charge is 0.505 e.